The number of anilines is 1. The summed E-state index contributed by atoms with van der Waals surface area (Å²) in [6.07, 6.45) is 3.11. The highest BCUT2D eigenvalue weighted by atomic mass is 35.5. The normalized spacial score (nSPS) is 16.5. The lowest BCUT2D eigenvalue weighted by molar-refractivity contribution is 0.0697. The van der Waals surface area contributed by atoms with Gasteiger partial charge < -0.3 is 5.11 Å². The molecule has 7 heteroatoms. The molecule has 0 aromatic heterocycles. The summed E-state index contributed by atoms with van der Waals surface area (Å²) in [6, 6.07) is 4.07. The number of aromatic carboxylic acids is 1. The Balaban J connectivity index is 2.23. The van der Waals surface area contributed by atoms with Crippen LogP contribution in [-0.4, -0.2) is 24.7 Å². The van der Waals surface area contributed by atoms with Gasteiger partial charge >= 0.3 is 5.97 Å². The second-order valence-corrected chi connectivity index (χ2v) is 6.92. The molecule has 0 unspecified atom stereocenters. The molecule has 19 heavy (non-hydrogen) atoms. The highest BCUT2D eigenvalue weighted by molar-refractivity contribution is 7.93. The van der Waals surface area contributed by atoms with E-state index in [2.05, 4.69) is 4.72 Å². The molecule has 0 heterocycles. The summed E-state index contributed by atoms with van der Waals surface area (Å²) < 4.78 is 26.6. The molecule has 1 aliphatic carbocycles. The van der Waals surface area contributed by atoms with Crippen molar-refractivity contribution in [2.24, 2.45) is 0 Å². The maximum atomic E-state index is 12.1. The summed E-state index contributed by atoms with van der Waals surface area (Å²) in [5.41, 5.74) is 0.113. The summed E-state index contributed by atoms with van der Waals surface area (Å²) in [7, 11) is -3.45. The Morgan fingerprint density at radius 2 is 1.95 bits per heavy atom. The van der Waals surface area contributed by atoms with Crippen molar-refractivity contribution in [3.05, 3.63) is 28.8 Å². The van der Waals surface area contributed by atoms with Crippen LogP contribution in [0.15, 0.2) is 18.2 Å². The maximum absolute atomic E-state index is 12.1. The summed E-state index contributed by atoms with van der Waals surface area (Å²) in [5.74, 6) is -1.19. The fraction of sp³-hybridized carbons (Fsp3) is 0.417. The Hall–Kier alpha value is -1.27. The van der Waals surface area contributed by atoms with E-state index in [1.54, 1.807) is 0 Å². The van der Waals surface area contributed by atoms with E-state index < -0.39 is 21.2 Å². The van der Waals surface area contributed by atoms with Gasteiger partial charge in [0.1, 0.15) is 0 Å². The molecule has 1 aromatic rings. The Morgan fingerprint density at radius 1 is 1.32 bits per heavy atom. The number of benzene rings is 1. The summed E-state index contributed by atoms with van der Waals surface area (Å²) in [6.45, 7) is 0. The number of nitrogens with one attached hydrogen (secondary N) is 1. The molecule has 0 atom stereocenters. The largest absolute Gasteiger partial charge is 0.478 e. The molecule has 1 fully saturated rings. The van der Waals surface area contributed by atoms with Crippen LogP contribution in [0.5, 0.6) is 0 Å². The van der Waals surface area contributed by atoms with Gasteiger partial charge in [0.25, 0.3) is 0 Å². The predicted molar refractivity (Wildman–Crippen MR) is 73.2 cm³/mol. The maximum Gasteiger partial charge on any atom is 0.337 e. The van der Waals surface area contributed by atoms with Crippen LogP contribution in [0.3, 0.4) is 0 Å². The Morgan fingerprint density at radius 3 is 2.53 bits per heavy atom. The number of sulfonamides is 1. The molecule has 1 aliphatic rings. The summed E-state index contributed by atoms with van der Waals surface area (Å²) in [5, 5.41) is 8.63. The number of hydrogen-bond donors (Lipinski definition) is 2. The molecule has 104 valence electrons. The van der Waals surface area contributed by atoms with Crippen molar-refractivity contribution >= 4 is 33.3 Å². The van der Waals surface area contributed by atoms with Gasteiger partial charge in [-0.3, -0.25) is 4.72 Å². The zero-order valence-electron chi connectivity index (χ0n) is 10.1. The Labute approximate surface area is 116 Å². The molecule has 2 N–H and O–H groups in total. The van der Waals surface area contributed by atoms with E-state index in [4.69, 9.17) is 16.7 Å². The van der Waals surface area contributed by atoms with Crippen molar-refractivity contribution in [3.63, 3.8) is 0 Å². The van der Waals surface area contributed by atoms with E-state index in [0.717, 1.165) is 12.8 Å². The molecule has 1 aromatic carbocycles. The zero-order valence-corrected chi connectivity index (χ0v) is 11.7. The van der Waals surface area contributed by atoms with Crippen molar-refractivity contribution in [1.82, 2.24) is 0 Å². The van der Waals surface area contributed by atoms with Gasteiger partial charge in [-0.2, -0.15) is 0 Å². The number of carboxylic acids is 1. The van der Waals surface area contributed by atoms with Crippen LogP contribution >= 0.6 is 11.6 Å². The van der Waals surface area contributed by atoms with Crippen LogP contribution in [0.25, 0.3) is 0 Å². The van der Waals surface area contributed by atoms with Crippen molar-refractivity contribution in [3.8, 4) is 0 Å². The zero-order chi connectivity index (χ0) is 14.0. The minimum atomic E-state index is -3.45. The predicted octanol–water partition coefficient (Wildman–Crippen LogP) is 2.72. The van der Waals surface area contributed by atoms with Gasteiger partial charge in [-0.1, -0.05) is 24.4 Å². The molecule has 0 bridgehead atoms. The molecule has 0 aliphatic heterocycles. The third-order valence-electron chi connectivity index (χ3n) is 3.20. The lowest BCUT2D eigenvalue weighted by Crippen LogP contribution is -2.25. The number of carbonyl (C=O) groups is 1. The summed E-state index contributed by atoms with van der Waals surface area (Å²) in [4.78, 5) is 10.9. The lowest BCUT2D eigenvalue weighted by atomic mass is 10.2. The second kappa shape index (κ2) is 5.38. The summed E-state index contributed by atoms with van der Waals surface area (Å²) >= 11 is 5.73. The van der Waals surface area contributed by atoms with Crippen LogP contribution in [0.4, 0.5) is 5.69 Å². The SMILES string of the molecule is O=C(O)c1cc(NS(=O)(=O)C2CCCC2)ccc1Cl. The third kappa shape index (κ3) is 3.19. The number of halogens is 1. The lowest BCUT2D eigenvalue weighted by Gasteiger charge is -2.14. The van der Waals surface area contributed by atoms with E-state index >= 15 is 0 Å². The molecule has 0 spiro atoms. The van der Waals surface area contributed by atoms with Crippen LogP contribution in [0.1, 0.15) is 36.0 Å². The quantitative estimate of drug-likeness (QED) is 0.896. The van der Waals surface area contributed by atoms with Crippen LogP contribution < -0.4 is 4.72 Å². The van der Waals surface area contributed by atoms with Crippen molar-refractivity contribution in [2.45, 2.75) is 30.9 Å². The van der Waals surface area contributed by atoms with Crippen molar-refractivity contribution in [1.29, 1.82) is 0 Å². The van der Waals surface area contributed by atoms with E-state index in [-0.39, 0.29) is 16.3 Å². The van der Waals surface area contributed by atoms with Gasteiger partial charge in [-0.15, -0.1) is 0 Å². The fourth-order valence-corrected chi connectivity index (χ4v) is 3.97. The topological polar surface area (TPSA) is 83.5 Å². The van der Waals surface area contributed by atoms with Crippen LogP contribution in [0.2, 0.25) is 5.02 Å². The molecule has 0 saturated heterocycles. The van der Waals surface area contributed by atoms with E-state index in [1.807, 2.05) is 0 Å². The first-order valence-corrected chi connectivity index (χ1v) is 7.87. The molecule has 0 radical (unpaired) electrons. The average Bonchev–Trinajstić information content (AvgIpc) is 2.85. The molecular weight excluding hydrogens is 290 g/mol. The average molecular weight is 304 g/mol. The number of carboxylic acid groups (broad SMARTS) is 1. The molecular formula is C12H14ClNO4S. The second-order valence-electron chi connectivity index (χ2n) is 4.55. The Kier molecular flexibility index (Phi) is 4.01. The van der Waals surface area contributed by atoms with Crippen molar-refractivity contribution < 1.29 is 18.3 Å². The van der Waals surface area contributed by atoms with Gasteiger partial charge in [-0.05, 0) is 31.0 Å². The molecule has 1 saturated carbocycles. The molecule has 5 nitrogen and oxygen atoms in total. The van der Waals surface area contributed by atoms with Crippen LogP contribution in [0, 0.1) is 0 Å². The molecule has 2 rings (SSSR count). The first-order valence-electron chi connectivity index (χ1n) is 5.94. The van der Waals surface area contributed by atoms with Gasteiger partial charge in [0, 0.05) is 5.69 Å². The highest BCUT2D eigenvalue weighted by Gasteiger charge is 2.28. The van der Waals surface area contributed by atoms with Crippen LogP contribution in [-0.2, 0) is 10.0 Å². The van der Waals surface area contributed by atoms with Gasteiger partial charge in [-0.25, -0.2) is 13.2 Å². The minimum Gasteiger partial charge on any atom is -0.478 e. The first-order chi connectivity index (χ1) is 8.90. The third-order valence-corrected chi connectivity index (χ3v) is 5.40. The highest BCUT2D eigenvalue weighted by Crippen LogP contribution is 2.27. The van der Waals surface area contributed by atoms with E-state index in [0.29, 0.717) is 12.8 Å². The van der Waals surface area contributed by atoms with Crippen molar-refractivity contribution in [2.75, 3.05) is 4.72 Å². The van der Waals surface area contributed by atoms with E-state index in [9.17, 15) is 13.2 Å². The first kappa shape index (κ1) is 14.1. The van der Waals surface area contributed by atoms with Gasteiger partial charge in [0.15, 0.2) is 0 Å². The van der Waals surface area contributed by atoms with E-state index in [1.165, 1.54) is 18.2 Å². The number of hydrogen-bond acceptors (Lipinski definition) is 3. The Bertz CT molecular complexity index is 594. The number of rotatable bonds is 4. The minimum absolute atomic E-state index is 0.0799. The smallest absolute Gasteiger partial charge is 0.337 e. The van der Waals surface area contributed by atoms with Gasteiger partial charge in [0.2, 0.25) is 10.0 Å². The molecule has 0 amide bonds. The fourth-order valence-electron chi connectivity index (χ4n) is 2.20. The van der Waals surface area contributed by atoms with Gasteiger partial charge in [0.05, 0.1) is 15.8 Å². The standard InChI is InChI=1S/C12H14ClNO4S/c13-11-6-5-8(7-10(11)12(15)16)14-19(17,18)9-3-1-2-4-9/h5-7,9,14H,1-4H2,(H,15,16). The monoisotopic (exact) mass is 303 g/mol.